The van der Waals surface area contributed by atoms with Gasteiger partial charge in [-0.05, 0) is 42.5 Å². The Kier molecular flexibility index (Phi) is 3.75. The third kappa shape index (κ3) is 2.55. The number of hydrogen-bond acceptors (Lipinski definition) is 6. The number of hydrogen-bond donors (Lipinski definition) is 3. The minimum Gasteiger partial charge on any atom is -0.508 e. The quantitative estimate of drug-likeness (QED) is 0.194. The van der Waals surface area contributed by atoms with E-state index in [4.69, 9.17) is 9.47 Å². The zero-order chi connectivity index (χ0) is 20.3. The first-order valence-electron chi connectivity index (χ1n) is 8.58. The number of benzene rings is 3. The Labute approximate surface area is 178 Å². The molecule has 0 aromatic heterocycles. The van der Waals surface area contributed by atoms with Crippen molar-refractivity contribution < 1.29 is 29.3 Å². The first-order valence-corrected chi connectivity index (χ1v) is 9.65. The standard InChI is InChI=1S/C21H12INO6/c22-20(27)23-10-1-4-13-16(7-10)21(29-19(13)26)14-5-2-11(24)8-17(14)28-18-9-12(25)3-6-15(18)21/h1-9,24-25H,(H,23,27). The topological polar surface area (TPSA) is 105 Å². The van der Waals surface area contributed by atoms with Crippen LogP contribution in [0.15, 0.2) is 54.6 Å². The molecule has 5 rings (SSSR count). The van der Waals surface area contributed by atoms with Crippen LogP contribution >= 0.6 is 22.6 Å². The molecule has 144 valence electrons. The van der Waals surface area contributed by atoms with E-state index < -0.39 is 11.6 Å². The molecule has 3 N–H and O–H groups in total. The number of rotatable bonds is 1. The molecule has 0 bridgehead atoms. The first-order chi connectivity index (χ1) is 13.9. The molecule has 29 heavy (non-hydrogen) atoms. The van der Waals surface area contributed by atoms with Crippen molar-refractivity contribution in [3.05, 3.63) is 76.9 Å². The van der Waals surface area contributed by atoms with Crippen LogP contribution in [0.1, 0.15) is 27.0 Å². The highest BCUT2D eigenvalue weighted by molar-refractivity contribution is 14.1. The average Bonchev–Trinajstić information content (AvgIpc) is 2.93. The summed E-state index contributed by atoms with van der Waals surface area (Å²) in [5, 5.41) is 22.6. The van der Waals surface area contributed by atoms with Crippen LogP contribution in [0, 0.1) is 0 Å². The average molecular weight is 501 g/mol. The SMILES string of the molecule is O=C(I)Nc1ccc2c(c1)C1(OC2=O)c2ccc(O)cc2Oc2cc(O)ccc21. The number of fused-ring (bicyclic) bond motifs is 6. The molecule has 3 aromatic rings. The molecular formula is C21H12INO6. The smallest absolute Gasteiger partial charge is 0.340 e. The Balaban J connectivity index is 1.85. The van der Waals surface area contributed by atoms with Crippen LogP contribution in [-0.4, -0.2) is 20.1 Å². The second-order valence-corrected chi connectivity index (χ2v) is 7.67. The number of halogens is 1. The van der Waals surface area contributed by atoms with Crippen molar-refractivity contribution in [1.29, 1.82) is 0 Å². The number of ether oxygens (including phenoxy) is 2. The lowest BCUT2D eigenvalue weighted by molar-refractivity contribution is 0.0224. The summed E-state index contributed by atoms with van der Waals surface area (Å²) in [4.78, 5) is 24.3. The summed E-state index contributed by atoms with van der Waals surface area (Å²) in [5.41, 5.74) is 1.11. The van der Waals surface area contributed by atoms with Gasteiger partial charge in [0.2, 0.25) is 0 Å². The van der Waals surface area contributed by atoms with Crippen molar-refractivity contribution >= 4 is 38.2 Å². The van der Waals surface area contributed by atoms with Crippen LogP contribution in [0.3, 0.4) is 0 Å². The van der Waals surface area contributed by atoms with Gasteiger partial charge in [0.05, 0.1) is 5.56 Å². The van der Waals surface area contributed by atoms with Gasteiger partial charge in [0.15, 0.2) is 5.60 Å². The maximum atomic E-state index is 12.8. The molecule has 0 saturated carbocycles. The first kappa shape index (κ1) is 17.8. The van der Waals surface area contributed by atoms with Gasteiger partial charge in [0.25, 0.3) is 3.91 Å². The van der Waals surface area contributed by atoms with Gasteiger partial charge in [-0.15, -0.1) is 0 Å². The lowest BCUT2D eigenvalue weighted by Crippen LogP contribution is -2.33. The van der Waals surface area contributed by atoms with E-state index in [0.29, 0.717) is 39.4 Å². The summed E-state index contributed by atoms with van der Waals surface area (Å²) < 4.78 is 11.6. The molecular weight excluding hydrogens is 489 g/mol. The Bertz CT molecular complexity index is 1170. The summed E-state index contributed by atoms with van der Waals surface area (Å²) in [6.45, 7) is 0. The molecule has 0 radical (unpaired) electrons. The van der Waals surface area contributed by atoms with Crippen LogP contribution in [0.4, 0.5) is 10.5 Å². The van der Waals surface area contributed by atoms with E-state index in [1.165, 1.54) is 24.3 Å². The fraction of sp³-hybridized carbons (Fsp3) is 0.0476. The number of phenolic OH excluding ortho intramolecular Hbond substituents is 2. The summed E-state index contributed by atoms with van der Waals surface area (Å²) in [6.07, 6.45) is 0. The summed E-state index contributed by atoms with van der Waals surface area (Å²) >= 11 is 1.63. The van der Waals surface area contributed by atoms with Crippen molar-refractivity contribution in [2.75, 3.05) is 5.32 Å². The van der Waals surface area contributed by atoms with E-state index >= 15 is 0 Å². The summed E-state index contributed by atoms with van der Waals surface area (Å²) in [5.74, 6) is 0.0439. The molecule has 0 fully saturated rings. The van der Waals surface area contributed by atoms with Crippen LogP contribution in [0.2, 0.25) is 0 Å². The Morgan fingerprint density at radius 2 is 1.52 bits per heavy atom. The Morgan fingerprint density at radius 1 is 0.897 bits per heavy atom. The Hall–Kier alpha value is -3.27. The Morgan fingerprint density at radius 3 is 2.10 bits per heavy atom. The fourth-order valence-corrected chi connectivity index (χ4v) is 4.20. The van der Waals surface area contributed by atoms with Gasteiger partial charge in [-0.2, -0.15) is 0 Å². The third-order valence-electron chi connectivity index (χ3n) is 5.02. The monoisotopic (exact) mass is 501 g/mol. The van der Waals surface area contributed by atoms with Gasteiger partial charge in [-0.1, -0.05) is 0 Å². The molecule has 0 unspecified atom stereocenters. The van der Waals surface area contributed by atoms with Gasteiger partial charge in [0.1, 0.15) is 23.0 Å². The van der Waals surface area contributed by atoms with Gasteiger partial charge in [-0.25, -0.2) is 4.79 Å². The van der Waals surface area contributed by atoms with Crippen LogP contribution in [-0.2, 0) is 10.3 Å². The van der Waals surface area contributed by atoms with Crippen molar-refractivity contribution in [3.8, 4) is 23.0 Å². The molecule has 2 heterocycles. The van der Waals surface area contributed by atoms with Crippen molar-refractivity contribution in [3.63, 3.8) is 0 Å². The summed E-state index contributed by atoms with van der Waals surface area (Å²) in [7, 11) is 0. The predicted molar refractivity (Wildman–Crippen MR) is 111 cm³/mol. The van der Waals surface area contributed by atoms with Gasteiger partial charge >= 0.3 is 5.97 Å². The highest BCUT2D eigenvalue weighted by Gasteiger charge is 2.53. The van der Waals surface area contributed by atoms with Gasteiger partial charge in [-0.3, -0.25) is 4.79 Å². The molecule has 2 aliphatic heterocycles. The highest BCUT2D eigenvalue weighted by atomic mass is 127. The lowest BCUT2D eigenvalue weighted by atomic mass is 9.77. The van der Waals surface area contributed by atoms with E-state index in [1.807, 2.05) is 0 Å². The second kappa shape index (κ2) is 6.11. The molecule has 0 saturated heterocycles. The second-order valence-electron chi connectivity index (χ2n) is 6.69. The fourth-order valence-electron chi connectivity index (χ4n) is 3.89. The number of aromatic hydroxyl groups is 2. The number of carbonyl (C=O) groups excluding carboxylic acids is 2. The third-order valence-corrected chi connectivity index (χ3v) is 5.29. The number of anilines is 1. The zero-order valence-corrected chi connectivity index (χ0v) is 16.8. The number of phenols is 2. The highest BCUT2D eigenvalue weighted by Crippen LogP contribution is 2.57. The molecule has 1 amide bonds. The number of nitrogens with one attached hydrogen (secondary N) is 1. The molecule has 1 spiro atoms. The van der Waals surface area contributed by atoms with Crippen LogP contribution in [0.25, 0.3) is 0 Å². The lowest BCUT2D eigenvalue weighted by Gasteiger charge is -2.36. The van der Waals surface area contributed by atoms with Crippen molar-refractivity contribution in [2.45, 2.75) is 5.60 Å². The molecule has 2 aliphatic rings. The van der Waals surface area contributed by atoms with E-state index in [1.54, 1.807) is 52.9 Å². The molecule has 7 nitrogen and oxygen atoms in total. The number of esters is 1. The van der Waals surface area contributed by atoms with Crippen molar-refractivity contribution in [1.82, 2.24) is 0 Å². The molecule has 3 aromatic carbocycles. The van der Waals surface area contributed by atoms with Gasteiger partial charge < -0.3 is 25.0 Å². The van der Waals surface area contributed by atoms with Gasteiger partial charge in [0, 0.05) is 57.1 Å². The number of amides is 1. The normalized spacial score (nSPS) is 15.0. The van der Waals surface area contributed by atoms with Crippen LogP contribution in [0.5, 0.6) is 23.0 Å². The molecule has 0 atom stereocenters. The zero-order valence-electron chi connectivity index (χ0n) is 14.6. The van der Waals surface area contributed by atoms with Crippen molar-refractivity contribution in [2.24, 2.45) is 0 Å². The van der Waals surface area contributed by atoms with E-state index in [9.17, 15) is 19.8 Å². The minimum absolute atomic E-state index is 0.0158. The maximum Gasteiger partial charge on any atom is 0.340 e. The van der Waals surface area contributed by atoms with E-state index in [2.05, 4.69) is 5.32 Å². The number of carbonyl (C=O) groups is 2. The predicted octanol–water partition coefficient (Wildman–Crippen LogP) is 4.63. The van der Waals surface area contributed by atoms with E-state index in [-0.39, 0.29) is 15.4 Å². The molecule has 8 heteroatoms. The largest absolute Gasteiger partial charge is 0.508 e. The summed E-state index contributed by atoms with van der Waals surface area (Å²) in [6, 6.07) is 14.0. The minimum atomic E-state index is -1.34. The van der Waals surface area contributed by atoms with Crippen LogP contribution < -0.4 is 10.1 Å². The van der Waals surface area contributed by atoms with E-state index in [0.717, 1.165) is 0 Å². The maximum absolute atomic E-state index is 12.8. The molecule has 0 aliphatic carbocycles.